The molecule has 1 aromatic heterocycles. The average Bonchev–Trinajstić information content (AvgIpc) is 2.79. The molecule has 0 aliphatic carbocycles. The fourth-order valence-corrected chi connectivity index (χ4v) is 2.96. The number of thioether (sulfide) groups is 1. The lowest BCUT2D eigenvalue weighted by atomic mass is 10.3. The van der Waals surface area contributed by atoms with Gasteiger partial charge in [-0.1, -0.05) is 35.2 Å². The van der Waals surface area contributed by atoms with Crippen molar-refractivity contribution in [3.8, 4) is 6.07 Å². The van der Waals surface area contributed by atoms with Crippen LogP contribution in [0.3, 0.4) is 0 Å². The zero-order valence-electron chi connectivity index (χ0n) is 9.42. The molecule has 1 N–H and O–H groups in total. The van der Waals surface area contributed by atoms with Gasteiger partial charge in [0.1, 0.15) is 5.82 Å². The molecule has 0 bridgehead atoms. The molecular formula is C11H9FN4S2. The van der Waals surface area contributed by atoms with Gasteiger partial charge in [-0.3, -0.25) is 0 Å². The number of hydrogen-bond donors (Lipinski definition) is 1. The van der Waals surface area contributed by atoms with E-state index in [1.807, 2.05) is 0 Å². The van der Waals surface area contributed by atoms with Crippen molar-refractivity contribution < 1.29 is 4.39 Å². The predicted octanol–water partition coefficient (Wildman–Crippen LogP) is 3.42. The van der Waals surface area contributed by atoms with E-state index in [-0.39, 0.29) is 11.1 Å². The highest BCUT2D eigenvalue weighted by atomic mass is 32.2. The van der Waals surface area contributed by atoms with Gasteiger partial charge in [0, 0.05) is 0 Å². The molecule has 1 aromatic carbocycles. The van der Waals surface area contributed by atoms with Crippen LogP contribution in [0, 0.1) is 17.1 Å². The monoisotopic (exact) mass is 280 g/mol. The van der Waals surface area contributed by atoms with E-state index in [0.717, 1.165) is 0 Å². The number of para-hydroxylation sites is 1. The van der Waals surface area contributed by atoms with Crippen LogP contribution in [0.2, 0.25) is 0 Å². The van der Waals surface area contributed by atoms with E-state index >= 15 is 0 Å². The maximum absolute atomic E-state index is 13.4. The van der Waals surface area contributed by atoms with Crippen LogP contribution in [-0.2, 0) is 0 Å². The first kappa shape index (κ1) is 12.8. The summed E-state index contributed by atoms with van der Waals surface area (Å²) in [5.41, 5.74) is 0.360. The Morgan fingerprint density at radius 2 is 2.22 bits per heavy atom. The third kappa shape index (κ3) is 3.18. The molecule has 0 aliphatic heterocycles. The standard InChI is InChI=1S/C11H9FN4S2/c1-7(6-13)17-11-16-15-10(18-11)14-9-5-3-2-4-8(9)12/h2-5,7H,1H3,(H,14,15). The second-order valence-corrected chi connectivity index (χ2v) is 5.93. The van der Waals surface area contributed by atoms with E-state index in [9.17, 15) is 4.39 Å². The summed E-state index contributed by atoms with van der Waals surface area (Å²) < 4.78 is 14.1. The summed E-state index contributed by atoms with van der Waals surface area (Å²) >= 11 is 2.62. The molecule has 0 amide bonds. The van der Waals surface area contributed by atoms with Gasteiger partial charge in [0.25, 0.3) is 0 Å². The summed E-state index contributed by atoms with van der Waals surface area (Å²) in [6.07, 6.45) is 0. The number of rotatable bonds is 4. The molecule has 0 aliphatic rings. The molecule has 92 valence electrons. The number of anilines is 2. The molecule has 0 spiro atoms. The van der Waals surface area contributed by atoms with Crippen molar-refractivity contribution in [1.82, 2.24) is 10.2 Å². The van der Waals surface area contributed by atoms with Gasteiger partial charge in [0.2, 0.25) is 5.13 Å². The normalized spacial score (nSPS) is 11.8. The van der Waals surface area contributed by atoms with Crippen LogP contribution in [0.25, 0.3) is 0 Å². The summed E-state index contributed by atoms with van der Waals surface area (Å²) in [6, 6.07) is 8.46. The van der Waals surface area contributed by atoms with Gasteiger partial charge in [0.05, 0.1) is 17.0 Å². The first-order valence-corrected chi connectivity index (χ1v) is 6.80. The van der Waals surface area contributed by atoms with Gasteiger partial charge < -0.3 is 5.32 Å². The first-order valence-electron chi connectivity index (χ1n) is 5.10. The fraction of sp³-hybridized carbons (Fsp3) is 0.182. The van der Waals surface area contributed by atoms with Crippen molar-refractivity contribution in [2.75, 3.05) is 5.32 Å². The number of halogens is 1. The van der Waals surface area contributed by atoms with Gasteiger partial charge in [-0.2, -0.15) is 5.26 Å². The minimum absolute atomic E-state index is 0.181. The van der Waals surface area contributed by atoms with Gasteiger partial charge in [-0.15, -0.1) is 10.2 Å². The summed E-state index contributed by atoms with van der Waals surface area (Å²) in [5.74, 6) is -0.340. The summed E-state index contributed by atoms with van der Waals surface area (Å²) in [5, 5.41) is 19.7. The summed E-state index contributed by atoms with van der Waals surface area (Å²) in [7, 11) is 0. The van der Waals surface area contributed by atoms with E-state index in [0.29, 0.717) is 15.2 Å². The second-order valence-electron chi connectivity index (χ2n) is 3.37. The Morgan fingerprint density at radius 1 is 1.44 bits per heavy atom. The molecule has 0 fully saturated rings. The molecule has 0 saturated carbocycles. The topological polar surface area (TPSA) is 61.6 Å². The predicted molar refractivity (Wildman–Crippen MR) is 70.5 cm³/mol. The molecule has 1 heterocycles. The maximum Gasteiger partial charge on any atom is 0.210 e. The Kier molecular flexibility index (Phi) is 4.12. The Balaban J connectivity index is 2.08. The third-order valence-corrected chi connectivity index (χ3v) is 3.90. The lowest BCUT2D eigenvalue weighted by molar-refractivity contribution is 0.632. The quantitative estimate of drug-likeness (QED) is 0.869. The van der Waals surface area contributed by atoms with E-state index in [4.69, 9.17) is 5.26 Å². The fourth-order valence-electron chi connectivity index (χ4n) is 1.16. The van der Waals surface area contributed by atoms with Crippen molar-refractivity contribution in [2.24, 2.45) is 0 Å². The van der Waals surface area contributed by atoms with Crippen LogP contribution in [-0.4, -0.2) is 15.4 Å². The van der Waals surface area contributed by atoms with E-state index in [1.54, 1.807) is 25.1 Å². The molecule has 4 nitrogen and oxygen atoms in total. The van der Waals surface area contributed by atoms with Crippen LogP contribution in [0.15, 0.2) is 28.6 Å². The summed E-state index contributed by atoms with van der Waals surface area (Å²) in [6.45, 7) is 1.79. The average molecular weight is 280 g/mol. The Hall–Kier alpha value is -1.65. The lowest BCUT2D eigenvalue weighted by Gasteiger charge is -2.01. The highest BCUT2D eigenvalue weighted by Gasteiger charge is 2.10. The van der Waals surface area contributed by atoms with E-state index in [2.05, 4.69) is 21.6 Å². The van der Waals surface area contributed by atoms with Crippen LogP contribution in [0.5, 0.6) is 0 Å². The summed E-state index contributed by atoms with van der Waals surface area (Å²) in [4.78, 5) is 0. The third-order valence-electron chi connectivity index (χ3n) is 1.98. The molecule has 1 unspecified atom stereocenters. The molecule has 1 atom stereocenters. The zero-order chi connectivity index (χ0) is 13.0. The minimum atomic E-state index is -0.340. The number of nitriles is 1. The van der Waals surface area contributed by atoms with Crippen LogP contribution >= 0.6 is 23.1 Å². The van der Waals surface area contributed by atoms with Gasteiger partial charge >= 0.3 is 0 Å². The Morgan fingerprint density at radius 3 is 2.94 bits per heavy atom. The van der Waals surface area contributed by atoms with Crippen molar-refractivity contribution >= 4 is 33.9 Å². The van der Waals surface area contributed by atoms with Crippen LogP contribution < -0.4 is 5.32 Å². The Labute approximate surface area is 112 Å². The molecule has 18 heavy (non-hydrogen) atoms. The number of aromatic nitrogens is 2. The SMILES string of the molecule is CC(C#N)Sc1nnc(Nc2ccccc2F)s1. The van der Waals surface area contributed by atoms with Crippen molar-refractivity contribution in [1.29, 1.82) is 5.26 Å². The lowest BCUT2D eigenvalue weighted by Crippen LogP contribution is -1.92. The van der Waals surface area contributed by atoms with Gasteiger partial charge in [-0.05, 0) is 19.1 Å². The molecule has 2 rings (SSSR count). The zero-order valence-corrected chi connectivity index (χ0v) is 11.1. The highest BCUT2D eigenvalue weighted by Crippen LogP contribution is 2.30. The number of nitrogens with zero attached hydrogens (tertiary/aromatic N) is 3. The highest BCUT2D eigenvalue weighted by molar-refractivity contribution is 8.01. The first-order chi connectivity index (χ1) is 8.69. The largest absolute Gasteiger partial charge is 0.328 e. The van der Waals surface area contributed by atoms with Gasteiger partial charge in [0.15, 0.2) is 4.34 Å². The maximum atomic E-state index is 13.4. The molecule has 7 heteroatoms. The van der Waals surface area contributed by atoms with Crippen LogP contribution in [0.4, 0.5) is 15.2 Å². The molecule has 2 aromatic rings. The van der Waals surface area contributed by atoms with Gasteiger partial charge in [-0.25, -0.2) is 4.39 Å². The number of hydrogen-bond acceptors (Lipinski definition) is 6. The molecular weight excluding hydrogens is 271 g/mol. The number of nitrogens with one attached hydrogen (secondary N) is 1. The van der Waals surface area contributed by atoms with E-state index < -0.39 is 0 Å². The minimum Gasteiger partial charge on any atom is -0.328 e. The van der Waals surface area contributed by atoms with Crippen molar-refractivity contribution in [3.63, 3.8) is 0 Å². The smallest absolute Gasteiger partial charge is 0.210 e. The van der Waals surface area contributed by atoms with E-state index in [1.165, 1.54) is 29.2 Å². The van der Waals surface area contributed by atoms with Crippen molar-refractivity contribution in [2.45, 2.75) is 16.5 Å². The second kappa shape index (κ2) is 5.80. The molecule has 0 saturated heterocycles. The number of benzene rings is 1. The molecule has 0 radical (unpaired) electrons. The van der Waals surface area contributed by atoms with Crippen LogP contribution in [0.1, 0.15) is 6.92 Å². The van der Waals surface area contributed by atoms with Crippen molar-refractivity contribution in [3.05, 3.63) is 30.1 Å². The Bertz CT molecular complexity index is 578.